The molecule has 1 saturated heterocycles. The molecule has 0 aromatic rings. The van der Waals surface area contributed by atoms with E-state index in [4.69, 9.17) is 10.2 Å². The van der Waals surface area contributed by atoms with Gasteiger partial charge in [0.25, 0.3) is 0 Å². The van der Waals surface area contributed by atoms with Crippen LogP contribution in [0.15, 0.2) is 0 Å². The third-order valence-electron chi connectivity index (χ3n) is 3.18. The van der Waals surface area contributed by atoms with E-state index in [0.717, 1.165) is 12.7 Å². The van der Waals surface area contributed by atoms with E-state index in [0.29, 0.717) is 19.5 Å². The number of nitrogens with zero attached hydrogens (tertiary/aromatic N) is 2. The number of hydrogen-bond acceptors (Lipinski definition) is 5. The molecule has 0 spiro atoms. The highest BCUT2D eigenvalue weighted by Crippen LogP contribution is 2.19. The first-order chi connectivity index (χ1) is 9.18. The van der Waals surface area contributed by atoms with Crippen LogP contribution in [0.5, 0.6) is 0 Å². The van der Waals surface area contributed by atoms with Crippen molar-refractivity contribution in [3.63, 3.8) is 0 Å². The molecule has 1 heterocycles. The average molecular weight is 308 g/mol. The fourth-order valence-electron chi connectivity index (χ4n) is 2.41. The Morgan fingerprint density at radius 3 is 2.25 bits per heavy atom. The normalized spacial score (nSPS) is 21.0. The number of piperidine rings is 1. The summed E-state index contributed by atoms with van der Waals surface area (Å²) in [5.74, 6) is -2.23. The van der Waals surface area contributed by atoms with E-state index in [-0.39, 0.29) is 25.6 Å². The van der Waals surface area contributed by atoms with Gasteiger partial charge in [0.15, 0.2) is 0 Å². The monoisotopic (exact) mass is 308 g/mol. The van der Waals surface area contributed by atoms with Crippen LogP contribution in [0.1, 0.15) is 12.8 Å². The minimum absolute atomic E-state index is 0.0443. The van der Waals surface area contributed by atoms with Crippen molar-refractivity contribution in [1.29, 1.82) is 0 Å². The van der Waals surface area contributed by atoms with Gasteiger partial charge in [-0.15, -0.1) is 0 Å². The lowest BCUT2D eigenvalue weighted by Gasteiger charge is -2.33. The van der Waals surface area contributed by atoms with Gasteiger partial charge in [0.1, 0.15) is 0 Å². The number of sulfonamides is 1. The molecule has 0 saturated carbocycles. The molecule has 0 aromatic carbocycles. The van der Waals surface area contributed by atoms with Crippen LogP contribution in [-0.4, -0.2) is 78.8 Å². The number of carbonyl (C=O) groups is 2. The van der Waals surface area contributed by atoms with Crippen molar-refractivity contribution >= 4 is 22.0 Å². The third kappa shape index (κ3) is 5.85. The number of hydrogen-bond donors (Lipinski definition) is 2. The number of rotatable bonds is 7. The van der Waals surface area contributed by atoms with Gasteiger partial charge in [0, 0.05) is 19.6 Å². The SMILES string of the molecule is CS(=O)(=O)N1CCCC(CN(CC(=O)O)CC(=O)O)C1. The maximum Gasteiger partial charge on any atom is 0.317 e. The minimum atomic E-state index is -3.26. The largest absolute Gasteiger partial charge is 0.480 e. The van der Waals surface area contributed by atoms with Crippen LogP contribution in [0, 0.1) is 5.92 Å². The van der Waals surface area contributed by atoms with Crippen molar-refractivity contribution in [3.05, 3.63) is 0 Å². The summed E-state index contributed by atoms with van der Waals surface area (Å²) >= 11 is 0. The summed E-state index contributed by atoms with van der Waals surface area (Å²) in [5.41, 5.74) is 0. The average Bonchev–Trinajstić information content (AvgIpc) is 2.26. The van der Waals surface area contributed by atoms with E-state index in [1.807, 2.05) is 0 Å². The molecule has 0 amide bonds. The Hall–Kier alpha value is -1.19. The van der Waals surface area contributed by atoms with Crippen molar-refractivity contribution < 1.29 is 28.2 Å². The molecule has 116 valence electrons. The van der Waals surface area contributed by atoms with E-state index in [9.17, 15) is 18.0 Å². The third-order valence-corrected chi connectivity index (χ3v) is 4.45. The van der Waals surface area contributed by atoms with Gasteiger partial charge in [-0.2, -0.15) is 0 Å². The highest BCUT2D eigenvalue weighted by atomic mass is 32.2. The molecule has 2 N–H and O–H groups in total. The summed E-state index contributed by atoms with van der Waals surface area (Å²) in [7, 11) is -3.26. The Bertz CT molecular complexity index is 448. The van der Waals surface area contributed by atoms with Gasteiger partial charge < -0.3 is 10.2 Å². The van der Waals surface area contributed by atoms with Gasteiger partial charge in [-0.3, -0.25) is 14.5 Å². The smallest absolute Gasteiger partial charge is 0.317 e. The summed E-state index contributed by atoms with van der Waals surface area (Å²) in [5, 5.41) is 17.5. The molecule has 1 aliphatic rings. The molecule has 8 nitrogen and oxygen atoms in total. The lowest BCUT2D eigenvalue weighted by atomic mass is 9.99. The first kappa shape index (κ1) is 16.9. The molecule has 1 rings (SSSR count). The molecule has 1 atom stereocenters. The highest BCUT2D eigenvalue weighted by molar-refractivity contribution is 7.88. The van der Waals surface area contributed by atoms with E-state index >= 15 is 0 Å². The fraction of sp³-hybridized carbons (Fsp3) is 0.818. The molecule has 0 radical (unpaired) electrons. The number of aliphatic carboxylic acids is 2. The van der Waals surface area contributed by atoms with E-state index in [1.165, 1.54) is 9.21 Å². The zero-order chi connectivity index (χ0) is 15.3. The molecule has 0 bridgehead atoms. The summed E-state index contributed by atoms with van der Waals surface area (Å²) in [6.07, 6.45) is 2.61. The molecule has 1 unspecified atom stereocenters. The Kier molecular flexibility index (Phi) is 5.90. The van der Waals surface area contributed by atoms with Crippen LogP contribution in [0.4, 0.5) is 0 Å². The van der Waals surface area contributed by atoms with Crippen molar-refractivity contribution in [2.45, 2.75) is 12.8 Å². The van der Waals surface area contributed by atoms with E-state index in [2.05, 4.69) is 0 Å². The van der Waals surface area contributed by atoms with E-state index < -0.39 is 22.0 Å². The van der Waals surface area contributed by atoms with Crippen molar-refractivity contribution in [2.75, 3.05) is 39.0 Å². The molecule has 0 aromatic heterocycles. The highest BCUT2D eigenvalue weighted by Gasteiger charge is 2.28. The van der Waals surface area contributed by atoms with Crippen molar-refractivity contribution in [2.24, 2.45) is 5.92 Å². The molecule has 20 heavy (non-hydrogen) atoms. The second-order valence-electron chi connectivity index (χ2n) is 5.09. The zero-order valence-electron chi connectivity index (χ0n) is 11.4. The molecule has 1 fully saturated rings. The summed E-state index contributed by atoms with van der Waals surface area (Å²) < 4.78 is 24.4. The summed E-state index contributed by atoms with van der Waals surface area (Å²) in [6.45, 7) is 0.329. The predicted octanol–water partition coefficient (Wildman–Crippen LogP) is -0.871. The minimum Gasteiger partial charge on any atom is -0.480 e. The van der Waals surface area contributed by atoms with Crippen molar-refractivity contribution in [3.8, 4) is 0 Å². The number of carboxylic acids is 2. The molecule has 9 heteroatoms. The zero-order valence-corrected chi connectivity index (χ0v) is 12.2. The molecular weight excluding hydrogens is 288 g/mol. The topological polar surface area (TPSA) is 115 Å². The Labute approximate surface area is 118 Å². The standard InChI is InChI=1S/C11H20N2O6S/c1-20(18,19)13-4-2-3-9(6-13)5-12(7-10(14)15)8-11(16)17/h9H,2-8H2,1H3,(H,14,15)(H,16,17). The molecular formula is C11H20N2O6S. The van der Waals surface area contributed by atoms with Crippen LogP contribution in [0.2, 0.25) is 0 Å². The van der Waals surface area contributed by atoms with Crippen molar-refractivity contribution in [1.82, 2.24) is 9.21 Å². The Morgan fingerprint density at radius 1 is 1.25 bits per heavy atom. The second kappa shape index (κ2) is 7.00. The second-order valence-corrected chi connectivity index (χ2v) is 7.07. The first-order valence-corrected chi connectivity index (χ1v) is 8.14. The van der Waals surface area contributed by atoms with Crippen LogP contribution in [-0.2, 0) is 19.6 Å². The maximum absolute atomic E-state index is 11.5. The molecule has 0 aliphatic carbocycles. The van der Waals surface area contributed by atoms with Gasteiger partial charge in [-0.1, -0.05) is 0 Å². The summed E-state index contributed by atoms with van der Waals surface area (Å²) in [6, 6.07) is 0. The Morgan fingerprint density at radius 2 is 1.80 bits per heavy atom. The van der Waals surface area contributed by atoms with Gasteiger partial charge in [-0.05, 0) is 18.8 Å². The first-order valence-electron chi connectivity index (χ1n) is 6.29. The van der Waals surface area contributed by atoms with E-state index in [1.54, 1.807) is 0 Å². The van der Waals surface area contributed by atoms with Gasteiger partial charge in [-0.25, -0.2) is 12.7 Å². The summed E-state index contributed by atoms with van der Waals surface area (Å²) in [4.78, 5) is 22.8. The maximum atomic E-state index is 11.5. The lowest BCUT2D eigenvalue weighted by Crippen LogP contribution is -2.45. The van der Waals surface area contributed by atoms with Crippen LogP contribution < -0.4 is 0 Å². The van der Waals surface area contributed by atoms with Crippen LogP contribution in [0.3, 0.4) is 0 Å². The van der Waals surface area contributed by atoms with Gasteiger partial charge >= 0.3 is 11.9 Å². The molecule has 1 aliphatic heterocycles. The number of carboxylic acid groups (broad SMARTS) is 2. The predicted molar refractivity (Wildman–Crippen MR) is 70.9 cm³/mol. The fourth-order valence-corrected chi connectivity index (χ4v) is 3.35. The lowest BCUT2D eigenvalue weighted by molar-refractivity contribution is -0.142. The van der Waals surface area contributed by atoms with Gasteiger partial charge in [0.2, 0.25) is 10.0 Å². The van der Waals surface area contributed by atoms with Crippen LogP contribution >= 0.6 is 0 Å². The van der Waals surface area contributed by atoms with Gasteiger partial charge in [0.05, 0.1) is 19.3 Å². The quantitative estimate of drug-likeness (QED) is 0.628. The Balaban J connectivity index is 2.63. The van der Waals surface area contributed by atoms with Crippen LogP contribution in [0.25, 0.3) is 0 Å².